The molecule has 112 valence electrons. The molecule has 0 aliphatic rings. The van der Waals surface area contributed by atoms with Crippen LogP contribution in [0.15, 0.2) is 40.2 Å². The standard InChI is InChI=1S/C16H21N3O2/c1-11-5-6-12(2)13(9-11)14(17-3)10-19-8-7-18(4)15(20)16(19)21/h5-9,14,17H,10H2,1-4H3. The van der Waals surface area contributed by atoms with E-state index in [1.807, 2.05) is 20.9 Å². The average molecular weight is 287 g/mol. The Morgan fingerprint density at radius 2 is 1.86 bits per heavy atom. The van der Waals surface area contributed by atoms with E-state index >= 15 is 0 Å². The Morgan fingerprint density at radius 3 is 2.52 bits per heavy atom. The van der Waals surface area contributed by atoms with Crippen LogP contribution < -0.4 is 16.4 Å². The minimum absolute atomic E-state index is 0.0188. The van der Waals surface area contributed by atoms with Crippen LogP contribution in [-0.4, -0.2) is 16.2 Å². The number of rotatable bonds is 4. The lowest BCUT2D eigenvalue weighted by atomic mass is 9.99. The molecular weight excluding hydrogens is 266 g/mol. The first kappa shape index (κ1) is 15.3. The SMILES string of the molecule is CNC(Cn1ccn(C)c(=O)c1=O)c1cc(C)ccc1C. The van der Waals surface area contributed by atoms with Gasteiger partial charge >= 0.3 is 11.1 Å². The van der Waals surface area contributed by atoms with Crippen LogP contribution in [0.2, 0.25) is 0 Å². The summed E-state index contributed by atoms with van der Waals surface area (Å²) in [5, 5.41) is 3.23. The summed E-state index contributed by atoms with van der Waals surface area (Å²) in [6, 6.07) is 6.23. The van der Waals surface area contributed by atoms with Gasteiger partial charge in [0.2, 0.25) is 0 Å². The molecule has 0 saturated carbocycles. The molecule has 1 N–H and O–H groups in total. The Bertz CT molecular complexity index is 759. The number of nitrogens with one attached hydrogen (secondary N) is 1. The second-order valence-electron chi connectivity index (χ2n) is 5.37. The Labute approximate surface area is 123 Å². The summed E-state index contributed by atoms with van der Waals surface area (Å²) in [7, 11) is 3.44. The fraction of sp³-hybridized carbons (Fsp3) is 0.375. The molecular formula is C16H21N3O2. The van der Waals surface area contributed by atoms with Crippen LogP contribution >= 0.6 is 0 Å². The lowest BCUT2D eigenvalue weighted by Crippen LogP contribution is -2.41. The van der Waals surface area contributed by atoms with Gasteiger partial charge in [-0.05, 0) is 32.0 Å². The Morgan fingerprint density at radius 1 is 1.14 bits per heavy atom. The van der Waals surface area contributed by atoms with E-state index in [0.29, 0.717) is 6.54 Å². The van der Waals surface area contributed by atoms with Crippen LogP contribution in [0, 0.1) is 13.8 Å². The first-order valence-corrected chi connectivity index (χ1v) is 6.94. The highest BCUT2D eigenvalue weighted by atomic mass is 16.2. The maximum Gasteiger partial charge on any atom is 0.316 e. The van der Waals surface area contributed by atoms with E-state index in [1.165, 1.54) is 14.7 Å². The Kier molecular flexibility index (Phi) is 4.43. The average Bonchev–Trinajstić information content (AvgIpc) is 2.47. The van der Waals surface area contributed by atoms with Crippen molar-refractivity contribution in [3.63, 3.8) is 0 Å². The summed E-state index contributed by atoms with van der Waals surface area (Å²) in [6.07, 6.45) is 3.26. The smallest absolute Gasteiger partial charge is 0.312 e. The molecule has 21 heavy (non-hydrogen) atoms. The molecule has 1 unspecified atom stereocenters. The topological polar surface area (TPSA) is 56.0 Å². The predicted octanol–water partition coefficient (Wildman–Crippen LogP) is 1.12. The van der Waals surface area contributed by atoms with E-state index in [-0.39, 0.29) is 6.04 Å². The van der Waals surface area contributed by atoms with Gasteiger partial charge in [0.25, 0.3) is 0 Å². The molecule has 2 aromatic rings. The van der Waals surface area contributed by atoms with Gasteiger partial charge in [-0.2, -0.15) is 0 Å². The van der Waals surface area contributed by atoms with Crippen LogP contribution in [0.5, 0.6) is 0 Å². The largest absolute Gasteiger partial charge is 0.316 e. The van der Waals surface area contributed by atoms with Gasteiger partial charge in [-0.3, -0.25) is 9.59 Å². The van der Waals surface area contributed by atoms with E-state index < -0.39 is 11.1 Å². The van der Waals surface area contributed by atoms with Gasteiger partial charge < -0.3 is 14.5 Å². The maximum atomic E-state index is 12.0. The summed E-state index contributed by atoms with van der Waals surface area (Å²) in [5.74, 6) is 0. The zero-order chi connectivity index (χ0) is 15.6. The summed E-state index contributed by atoms with van der Waals surface area (Å²) < 4.78 is 2.76. The van der Waals surface area contributed by atoms with Gasteiger partial charge in [-0.1, -0.05) is 23.8 Å². The van der Waals surface area contributed by atoms with Gasteiger partial charge in [0, 0.05) is 26.0 Å². The summed E-state index contributed by atoms with van der Waals surface area (Å²) in [5.41, 5.74) is 2.48. The highest BCUT2D eigenvalue weighted by Crippen LogP contribution is 2.20. The van der Waals surface area contributed by atoms with Crippen molar-refractivity contribution in [2.24, 2.45) is 7.05 Å². The van der Waals surface area contributed by atoms with E-state index in [4.69, 9.17) is 0 Å². The molecule has 1 heterocycles. The third-order valence-electron chi connectivity index (χ3n) is 3.77. The van der Waals surface area contributed by atoms with E-state index in [2.05, 4.69) is 23.5 Å². The number of likely N-dealkylation sites (N-methyl/N-ethyl adjacent to an activating group) is 1. The molecule has 0 fully saturated rings. The lowest BCUT2D eigenvalue weighted by molar-refractivity contribution is 0.482. The third kappa shape index (κ3) is 3.13. The number of nitrogens with zero attached hydrogens (tertiary/aromatic N) is 2. The fourth-order valence-electron chi connectivity index (χ4n) is 2.41. The summed E-state index contributed by atoms with van der Waals surface area (Å²) in [6.45, 7) is 4.52. The van der Waals surface area contributed by atoms with Gasteiger partial charge in [-0.25, -0.2) is 0 Å². The van der Waals surface area contributed by atoms with Crippen molar-refractivity contribution in [3.05, 3.63) is 68.0 Å². The third-order valence-corrected chi connectivity index (χ3v) is 3.77. The van der Waals surface area contributed by atoms with Crippen molar-refractivity contribution in [1.29, 1.82) is 0 Å². The van der Waals surface area contributed by atoms with Crippen molar-refractivity contribution >= 4 is 0 Å². The van der Waals surface area contributed by atoms with Crippen LogP contribution in [-0.2, 0) is 13.6 Å². The molecule has 1 aromatic carbocycles. The summed E-state index contributed by atoms with van der Waals surface area (Å²) >= 11 is 0. The maximum absolute atomic E-state index is 12.0. The number of aromatic nitrogens is 2. The number of benzene rings is 1. The van der Waals surface area contributed by atoms with E-state index in [0.717, 1.165) is 11.1 Å². The minimum atomic E-state index is -0.506. The molecule has 0 saturated heterocycles. The zero-order valence-corrected chi connectivity index (χ0v) is 12.9. The van der Waals surface area contributed by atoms with E-state index in [1.54, 1.807) is 19.4 Å². The lowest BCUT2D eigenvalue weighted by Gasteiger charge is -2.20. The second kappa shape index (κ2) is 6.10. The molecule has 0 radical (unpaired) electrons. The first-order chi connectivity index (χ1) is 9.93. The molecule has 0 spiro atoms. The van der Waals surface area contributed by atoms with Crippen LogP contribution in [0.25, 0.3) is 0 Å². The van der Waals surface area contributed by atoms with Crippen molar-refractivity contribution in [2.75, 3.05) is 7.05 Å². The highest BCUT2D eigenvalue weighted by Gasteiger charge is 2.14. The molecule has 1 aromatic heterocycles. The first-order valence-electron chi connectivity index (χ1n) is 6.94. The van der Waals surface area contributed by atoms with Gasteiger partial charge in [0.1, 0.15) is 0 Å². The monoisotopic (exact) mass is 287 g/mol. The molecule has 0 aliphatic carbocycles. The molecule has 0 aliphatic heterocycles. The van der Waals surface area contributed by atoms with Gasteiger partial charge in [-0.15, -0.1) is 0 Å². The second-order valence-corrected chi connectivity index (χ2v) is 5.37. The number of aryl methyl sites for hydroxylation is 3. The predicted molar refractivity (Wildman–Crippen MR) is 83.7 cm³/mol. The van der Waals surface area contributed by atoms with Crippen molar-refractivity contribution < 1.29 is 0 Å². The van der Waals surface area contributed by atoms with Crippen molar-refractivity contribution in [3.8, 4) is 0 Å². The number of hydrogen-bond donors (Lipinski definition) is 1. The number of hydrogen-bond acceptors (Lipinski definition) is 3. The van der Waals surface area contributed by atoms with Gasteiger partial charge in [0.05, 0.1) is 6.04 Å². The molecule has 0 amide bonds. The van der Waals surface area contributed by atoms with Crippen LogP contribution in [0.3, 0.4) is 0 Å². The van der Waals surface area contributed by atoms with Crippen molar-refractivity contribution in [2.45, 2.75) is 26.4 Å². The molecule has 2 rings (SSSR count). The van der Waals surface area contributed by atoms with E-state index in [9.17, 15) is 9.59 Å². The zero-order valence-electron chi connectivity index (χ0n) is 12.9. The molecule has 5 nitrogen and oxygen atoms in total. The highest BCUT2D eigenvalue weighted by molar-refractivity contribution is 5.33. The normalized spacial score (nSPS) is 12.4. The van der Waals surface area contributed by atoms with Gasteiger partial charge in [0.15, 0.2) is 0 Å². The minimum Gasteiger partial charge on any atom is -0.312 e. The fourth-order valence-corrected chi connectivity index (χ4v) is 2.41. The Hall–Kier alpha value is -2.14. The molecule has 5 heteroatoms. The summed E-state index contributed by atoms with van der Waals surface area (Å²) in [4.78, 5) is 23.8. The Balaban J connectivity index is 2.41. The van der Waals surface area contributed by atoms with Crippen molar-refractivity contribution in [1.82, 2.24) is 14.5 Å². The quantitative estimate of drug-likeness (QED) is 0.858. The van der Waals surface area contributed by atoms with Crippen LogP contribution in [0.1, 0.15) is 22.7 Å². The molecule has 0 bridgehead atoms. The molecule has 1 atom stereocenters. The van der Waals surface area contributed by atoms with Crippen LogP contribution in [0.4, 0.5) is 0 Å².